The number of aromatic nitrogens is 2. The van der Waals surface area contributed by atoms with E-state index in [9.17, 15) is 13.6 Å². The summed E-state index contributed by atoms with van der Waals surface area (Å²) >= 11 is 0. The van der Waals surface area contributed by atoms with Crippen molar-refractivity contribution in [2.24, 2.45) is 0 Å². The number of esters is 1. The van der Waals surface area contributed by atoms with Gasteiger partial charge in [-0.2, -0.15) is 8.78 Å². The van der Waals surface area contributed by atoms with Crippen LogP contribution < -0.4 is 0 Å². The molecule has 0 aliphatic carbocycles. The number of hydrogen-bond donors (Lipinski definition) is 1. The summed E-state index contributed by atoms with van der Waals surface area (Å²) in [6.07, 6.45) is 1.25. The summed E-state index contributed by atoms with van der Waals surface area (Å²) in [6.45, 7) is 12.6. The molecule has 0 atom stereocenters. The number of H-pyrrole nitrogens is 1. The fourth-order valence-corrected chi connectivity index (χ4v) is 1.99. The van der Waals surface area contributed by atoms with Crippen LogP contribution in [-0.4, -0.2) is 21.5 Å². The summed E-state index contributed by atoms with van der Waals surface area (Å²) in [6, 6.07) is 1.35. The first kappa shape index (κ1) is 15.9. The monoisotopic (exact) mass is 307 g/mol. The van der Waals surface area contributed by atoms with Gasteiger partial charge in [-0.1, -0.05) is 0 Å². The quantitative estimate of drug-likeness (QED) is 0.669. The molecule has 1 N–H and O–H groups in total. The van der Waals surface area contributed by atoms with Gasteiger partial charge in [-0.25, -0.2) is 9.64 Å². The highest BCUT2D eigenvalue weighted by molar-refractivity contribution is 6.05. The van der Waals surface area contributed by atoms with Crippen LogP contribution in [0.3, 0.4) is 0 Å². The zero-order valence-corrected chi connectivity index (χ0v) is 12.6. The first-order valence-electron chi connectivity index (χ1n) is 6.54. The summed E-state index contributed by atoms with van der Waals surface area (Å²) in [5, 5.41) is 0.152. The molecule has 2 aromatic heterocycles. The molecular formula is C15H15F2N3O2. The van der Waals surface area contributed by atoms with Crippen molar-refractivity contribution in [2.45, 2.75) is 39.2 Å². The first-order valence-corrected chi connectivity index (χ1v) is 6.54. The van der Waals surface area contributed by atoms with E-state index in [0.717, 1.165) is 0 Å². The molecule has 2 aromatic rings. The number of ether oxygens (including phenoxy) is 1. The van der Waals surface area contributed by atoms with E-state index in [1.165, 1.54) is 12.3 Å². The highest BCUT2D eigenvalue weighted by atomic mass is 19.3. The second-order valence-electron chi connectivity index (χ2n) is 5.97. The number of nitrogens with one attached hydrogen (secondary N) is 1. The standard InChI is InChI=1S/C15H15F2N3O2/c1-14(2,3)22-13(21)10-9-6-8(18-5)7-19-12(9)20-11(10)15(4,16)17/h6-7H,1-4H3,(H,19,20). The number of nitrogens with zero attached hydrogens (tertiary/aromatic N) is 2. The zero-order valence-electron chi connectivity index (χ0n) is 12.6. The summed E-state index contributed by atoms with van der Waals surface area (Å²) in [5.74, 6) is -4.15. The summed E-state index contributed by atoms with van der Waals surface area (Å²) in [5.41, 5.74) is -1.40. The van der Waals surface area contributed by atoms with Gasteiger partial charge in [0.05, 0.1) is 12.1 Å². The highest BCUT2D eigenvalue weighted by Gasteiger charge is 2.36. The van der Waals surface area contributed by atoms with Crippen LogP contribution in [-0.2, 0) is 10.7 Å². The normalized spacial score (nSPS) is 12.2. The van der Waals surface area contributed by atoms with Gasteiger partial charge in [0.2, 0.25) is 5.69 Å². The lowest BCUT2D eigenvalue weighted by Crippen LogP contribution is -2.25. The van der Waals surface area contributed by atoms with Gasteiger partial charge in [-0.15, -0.1) is 0 Å². The van der Waals surface area contributed by atoms with Crippen LogP contribution in [0.2, 0.25) is 0 Å². The molecular weight excluding hydrogens is 292 g/mol. The Morgan fingerprint density at radius 2 is 2.00 bits per heavy atom. The van der Waals surface area contributed by atoms with E-state index in [4.69, 9.17) is 11.3 Å². The van der Waals surface area contributed by atoms with Crippen LogP contribution in [0, 0.1) is 6.57 Å². The second-order valence-corrected chi connectivity index (χ2v) is 5.97. The zero-order chi connectivity index (χ0) is 16.7. The molecule has 0 aromatic carbocycles. The van der Waals surface area contributed by atoms with Crippen molar-refractivity contribution in [3.8, 4) is 0 Å². The van der Waals surface area contributed by atoms with Gasteiger partial charge in [0.1, 0.15) is 16.9 Å². The topological polar surface area (TPSA) is 59.3 Å². The van der Waals surface area contributed by atoms with E-state index < -0.39 is 23.2 Å². The Kier molecular flexibility index (Phi) is 3.65. The second kappa shape index (κ2) is 5.05. The van der Waals surface area contributed by atoms with E-state index in [0.29, 0.717) is 6.92 Å². The molecule has 5 nitrogen and oxygen atoms in total. The van der Waals surface area contributed by atoms with Crippen LogP contribution in [0.25, 0.3) is 15.9 Å². The van der Waals surface area contributed by atoms with Gasteiger partial charge in [-0.05, 0) is 26.8 Å². The fourth-order valence-electron chi connectivity index (χ4n) is 1.99. The minimum atomic E-state index is -3.27. The third-order valence-electron chi connectivity index (χ3n) is 2.81. The van der Waals surface area contributed by atoms with Gasteiger partial charge in [-0.3, -0.25) is 4.98 Å². The molecule has 2 heterocycles. The van der Waals surface area contributed by atoms with Crippen molar-refractivity contribution < 1.29 is 18.3 Å². The number of carbonyl (C=O) groups excluding carboxylic acids is 1. The molecule has 0 fully saturated rings. The number of fused-ring (bicyclic) bond motifs is 1. The molecule has 22 heavy (non-hydrogen) atoms. The lowest BCUT2D eigenvalue weighted by Gasteiger charge is -2.20. The number of aromatic amines is 1. The molecule has 0 spiro atoms. The van der Waals surface area contributed by atoms with Crippen molar-refractivity contribution in [1.29, 1.82) is 0 Å². The number of rotatable bonds is 2. The van der Waals surface area contributed by atoms with Crippen molar-refractivity contribution >= 4 is 22.7 Å². The number of pyridine rings is 1. The molecule has 0 amide bonds. The van der Waals surface area contributed by atoms with Crippen LogP contribution in [0.5, 0.6) is 0 Å². The minimum absolute atomic E-state index is 0.116. The van der Waals surface area contributed by atoms with Gasteiger partial charge < -0.3 is 9.72 Å². The lowest BCUT2D eigenvalue weighted by atomic mass is 10.1. The summed E-state index contributed by atoms with van der Waals surface area (Å²) in [7, 11) is 0. The predicted octanol–water partition coefficient (Wildman–Crippen LogP) is 4.18. The van der Waals surface area contributed by atoms with Crippen molar-refractivity contribution in [3.63, 3.8) is 0 Å². The molecule has 0 saturated carbocycles. The maximum atomic E-state index is 13.8. The Labute approximate surface area is 126 Å². The molecule has 0 bridgehead atoms. The van der Waals surface area contributed by atoms with E-state index in [1.54, 1.807) is 20.8 Å². The number of carbonyl (C=O) groups is 1. The van der Waals surface area contributed by atoms with Crippen molar-refractivity contribution in [2.75, 3.05) is 0 Å². The number of alkyl halides is 2. The Morgan fingerprint density at radius 3 is 2.50 bits per heavy atom. The van der Waals surface area contributed by atoms with Crippen molar-refractivity contribution in [3.05, 3.63) is 34.9 Å². The first-order chi connectivity index (χ1) is 10.0. The fraction of sp³-hybridized carbons (Fsp3) is 0.400. The van der Waals surface area contributed by atoms with E-state index >= 15 is 0 Å². The lowest BCUT2D eigenvalue weighted by molar-refractivity contribution is -0.00116. The average molecular weight is 307 g/mol. The van der Waals surface area contributed by atoms with E-state index in [1.807, 2.05) is 0 Å². The highest BCUT2D eigenvalue weighted by Crippen LogP contribution is 2.35. The molecule has 0 aliphatic heterocycles. The van der Waals surface area contributed by atoms with Gasteiger partial charge in [0.25, 0.3) is 5.92 Å². The summed E-state index contributed by atoms with van der Waals surface area (Å²) < 4.78 is 32.8. The molecule has 0 aliphatic rings. The van der Waals surface area contributed by atoms with E-state index in [2.05, 4.69) is 14.8 Å². The number of hydrogen-bond acceptors (Lipinski definition) is 3. The average Bonchev–Trinajstić information content (AvgIpc) is 2.74. The van der Waals surface area contributed by atoms with Crippen LogP contribution >= 0.6 is 0 Å². The molecule has 0 unspecified atom stereocenters. The van der Waals surface area contributed by atoms with Crippen molar-refractivity contribution in [1.82, 2.24) is 9.97 Å². The maximum absolute atomic E-state index is 13.8. The van der Waals surface area contributed by atoms with Crippen LogP contribution in [0.4, 0.5) is 14.5 Å². The molecule has 116 valence electrons. The molecule has 0 saturated heterocycles. The van der Waals surface area contributed by atoms with Gasteiger partial charge in [0, 0.05) is 18.5 Å². The minimum Gasteiger partial charge on any atom is -0.456 e. The maximum Gasteiger partial charge on any atom is 0.341 e. The Bertz CT molecular complexity index is 777. The largest absolute Gasteiger partial charge is 0.456 e. The smallest absolute Gasteiger partial charge is 0.341 e. The predicted molar refractivity (Wildman–Crippen MR) is 77.1 cm³/mol. The SMILES string of the molecule is [C-]#[N+]c1cnc2[nH]c(C(C)(F)F)c(C(=O)OC(C)(C)C)c2c1. The molecule has 2 rings (SSSR count). The summed E-state index contributed by atoms with van der Waals surface area (Å²) in [4.78, 5) is 21.9. The third kappa shape index (κ3) is 3.06. The number of halogens is 2. The van der Waals surface area contributed by atoms with Crippen LogP contribution in [0.1, 0.15) is 43.7 Å². The van der Waals surface area contributed by atoms with Gasteiger partial charge >= 0.3 is 5.97 Å². The Hall–Kier alpha value is -2.49. The molecule has 0 radical (unpaired) electrons. The Balaban J connectivity index is 2.72. The third-order valence-corrected chi connectivity index (χ3v) is 2.81. The Morgan fingerprint density at radius 1 is 1.36 bits per heavy atom. The van der Waals surface area contributed by atoms with E-state index in [-0.39, 0.29) is 22.3 Å². The molecule has 7 heteroatoms. The van der Waals surface area contributed by atoms with Gasteiger partial charge in [0.15, 0.2) is 0 Å². The van der Waals surface area contributed by atoms with Crippen LogP contribution in [0.15, 0.2) is 12.3 Å².